The summed E-state index contributed by atoms with van der Waals surface area (Å²) in [6, 6.07) is 10.4. The molecular weight excluding hydrogens is 524 g/mol. The molecule has 9 heteroatoms. The Bertz CT molecular complexity index is 804. The van der Waals surface area contributed by atoms with Crippen LogP contribution in [0.5, 0.6) is 0 Å². The zero-order valence-corrected chi connectivity index (χ0v) is 20.6. The number of morpholine rings is 1. The van der Waals surface area contributed by atoms with Crippen LogP contribution >= 0.6 is 47.2 Å². The highest BCUT2D eigenvalue weighted by atomic mass is 127. The third-order valence-electron chi connectivity index (χ3n) is 4.73. The number of anilines is 1. The average Bonchev–Trinajstić information content (AvgIpc) is 2.98. The van der Waals surface area contributed by atoms with Crippen molar-refractivity contribution in [3.05, 3.63) is 51.8 Å². The summed E-state index contributed by atoms with van der Waals surface area (Å²) in [5, 5.41) is 7.70. The molecule has 0 radical (unpaired) electrons. The Labute approximate surface area is 199 Å². The Morgan fingerprint density at radius 3 is 2.41 bits per heavy atom. The molecule has 1 aromatic heterocycles. The normalized spacial score (nSPS) is 14.5. The number of benzene rings is 1. The van der Waals surface area contributed by atoms with Gasteiger partial charge in [-0.1, -0.05) is 35.3 Å². The van der Waals surface area contributed by atoms with Gasteiger partial charge < -0.3 is 24.8 Å². The molecule has 1 aliphatic rings. The maximum Gasteiger partial charge on any atom is 0.191 e. The Morgan fingerprint density at radius 2 is 1.83 bits per heavy atom. The molecule has 0 saturated carbocycles. The summed E-state index contributed by atoms with van der Waals surface area (Å²) in [4.78, 5) is 7.03. The molecule has 2 aromatic rings. The molecule has 6 nitrogen and oxygen atoms in total. The maximum absolute atomic E-state index is 6.13. The van der Waals surface area contributed by atoms with E-state index in [4.69, 9.17) is 27.9 Å². The first kappa shape index (κ1) is 24.1. The second-order valence-electron chi connectivity index (χ2n) is 6.65. The van der Waals surface area contributed by atoms with Crippen molar-refractivity contribution >= 4 is 58.8 Å². The molecule has 1 aromatic carbocycles. The van der Waals surface area contributed by atoms with Crippen molar-refractivity contribution < 1.29 is 4.74 Å². The number of aliphatic imine (C=N–C) groups is 1. The summed E-state index contributed by atoms with van der Waals surface area (Å²) in [7, 11) is 1.89. The van der Waals surface area contributed by atoms with Crippen LogP contribution in [0.4, 0.5) is 5.69 Å². The van der Waals surface area contributed by atoms with Gasteiger partial charge in [-0.3, -0.25) is 0 Å². The quantitative estimate of drug-likeness (QED) is 0.323. The molecule has 0 amide bonds. The van der Waals surface area contributed by atoms with Gasteiger partial charge in [-0.2, -0.15) is 0 Å². The van der Waals surface area contributed by atoms with Crippen LogP contribution in [0.2, 0.25) is 10.2 Å². The number of guanidine groups is 1. The van der Waals surface area contributed by atoms with Gasteiger partial charge >= 0.3 is 0 Å². The Kier molecular flexibility index (Phi) is 9.88. The minimum absolute atomic E-state index is 0. The zero-order chi connectivity index (χ0) is 19.9. The van der Waals surface area contributed by atoms with Crippen LogP contribution in [0.3, 0.4) is 0 Å². The number of nitrogens with one attached hydrogen (secondary N) is 2. The number of hydrogen-bond donors (Lipinski definition) is 2. The van der Waals surface area contributed by atoms with Gasteiger partial charge in [0.2, 0.25) is 0 Å². The molecular formula is C20H28Cl2IN5O. The first-order valence-electron chi connectivity index (χ1n) is 9.52. The summed E-state index contributed by atoms with van der Waals surface area (Å²) in [6.07, 6.45) is 0. The fourth-order valence-electron chi connectivity index (χ4n) is 3.08. The summed E-state index contributed by atoms with van der Waals surface area (Å²) >= 11 is 12.2. The molecule has 160 valence electrons. The molecule has 0 bridgehead atoms. The second-order valence-corrected chi connectivity index (χ2v) is 7.41. The Hall–Kier alpha value is -1.16. The molecule has 2 N–H and O–H groups in total. The fourth-order valence-corrected chi connectivity index (χ4v) is 3.49. The van der Waals surface area contributed by atoms with E-state index >= 15 is 0 Å². The Balaban J connectivity index is 0.00000300. The van der Waals surface area contributed by atoms with Crippen LogP contribution in [0.15, 0.2) is 35.3 Å². The third-order valence-corrected chi connectivity index (χ3v) is 5.57. The van der Waals surface area contributed by atoms with Crippen LogP contribution in [0, 0.1) is 0 Å². The van der Waals surface area contributed by atoms with Crippen LogP contribution in [0.1, 0.15) is 18.2 Å². The van der Waals surface area contributed by atoms with Crippen molar-refractivity contribution in [3.63, 3.8) is 0 Å². The molecule has 0 unspecified atom stereocenters. The SMILES string of the molecule is CCNC(=NCc1ccc(N2CCOCC2)cc1)NCc1cc(Cl)c(Cl)n1C.I. The van der Waals surface area contributed by atoms with E-state index in [1.165, 1.54) is 11.3 Å². The van der Waals surface area contributed by atoms with Crippen LogP contribution < -0.4 is 15.5 Å². The van der Waals surface area contributed by atoms with E-state index in [9.17, 15) is 0 Å². The lowest BCUT2D eigenvalue weighted by Gasteiger charge is -2.28. The highest BCUT2D eigenvalue weighted by molar-refractivity contribution is 14.0. The van der Waals surface area contributed by atoms with E-state index in [1.54, 1.807) is 0 Å². The summed E-state index contributed by atoms with van der Waals surface area (Å²) in [6.45, 7) is 7.50. The fraction of sp³-hybridized carbons (Fsp3) is 0.450. The average molecular weight is 552 g/mol. The molecule has 3 rings (SSSR count). The van der Waals surface area contributed by atoms with E-state index < -0.39 is 0 Å². The molecule has 2 heterocycles. The minimum atomic E-state index is 0. The van der Waals surface area contributed by atoms with Gasteiger partial charge in [0.05, 0.1) is 31.3 Å². The van der Waals surface area contributed by atoms with E-state index in [2.05, 4.69) is 44.8 Å². The largest absolute Gasteiger partial charge is 0.378 e. The molecule has 0 aliphatic carbocycles. The topological polar surface area (TPSA) is 53.8 Å². The summed E-state index contributed by atoms with van der Waals surface area (Å²) in [5.41, 5.74) is 3.40. The predicted octanol–water partition coefficient (Wildman–Crippen LogP) is 4.04. The highest BCUT2D eigenvalue weighted by Crippen LogP contribution is 2.25. The lowest BCUT2D eigenvalue weighted by Crippen LogP contribution is -2.37. The van der Waals surface area contributed by atoms with E-state index in [-0.39, 0.29) is 24.0 Å². The number of hydrogen-bond acceptors (Lipinski definition) is 3. The number of halogens is 3. The van der Waals surface area contributed by atoms with Gasteiger partial charge in [0.1, 0.15) is 5.15 Å². The predicted molar refractivity (Wildman–Crippen MR) is 132 cm³/mol. The number of ether oxygens (including phenoxy) is 1. The van der Waals surface area contributed by atoms with Crippen molar-refractivity contribution in [2.75, 3.05) is 37.7 Å². The summed E-state index contributed by atoms with van der Waals surface area (Å²) < 4.78 is 7.28. The molecule has 1 saturated heterocycles. The molecule has 1 aliphatic heterocycles. The number of rotatable bonds is 6. The van der Waals surface area contributed by atoms with Gasteiger partial charge in [0.25, 0.3) is 0 Å². The highest BCUT2D eigenvalue weighted by Gasteiger charge is 2.11. The van der Waals surface area contributed by atoms with E-state index in [0.29, 0.717) is 23.3 Å². The number of aromatic nitrogens is 1. The van der Waals surface area contributed by atoms with E-state index in [1.807, 2.05) is 24.6 Å². The molecule has 0 atom stereocenters. The van der Waals surface area contributed by atoms with Gasteiger partial charge in [-0.15, -0.1) is 24.0 Å². The Morgan fingerprint density at radius 1 is 1.14 bits per heavy atom. The van der Waals surface area contributed by atoms with Gasteiger partial charge in [-0.25, -0.2) is 4.99 Å². The smallest absolute Gasteiger partial charge is 0.191 e. The first-order chi connectivity index (χ1) is 13.6. The van der Waals surface area contributed by atoms with Crippen LogP contribution in [-0.4, -0.2) is 43.4 Å². The van der Waals surface area contributed by atoms with Gasteiger partial charge in [-0.05, 0) is 30.7 Å². The van der Waals surface area contributed by atoms with Crippen LogP contribution in [-0.2, 0) is 24.9 Å². The van der Waals surface area contributed by atoms with Crippen molar-refractivity contribution in [2.45, 2.75) is 20.0 Å². The standard InChI is InChI=1S/C20H27Cl2N5O.HI/c1-3-23-20(25-14-17-12-18(21)19(22)26(17)2)24-13-15-4-6-16(7-5-15)27-8-10-28-11-9-27;/h4-7,12H,3,8-11,13-14H2,1-2H3,(H2,23,24,25);1H. The van der Waals surface area contributed by atoms with Crippen molar-refractivity contribution in [2.24, 2.45) is 12.0 Å². The number of nitrogens with zero attached hydrogens (tertiary/aromatic N) is 3. The van der Waals surface area contributed by atoms with E-state index in [0.717, 1.165) is 44.5 Å². The first-order valence-corrected chi connectivity index (χ1v) is 10.3. The second kappa shape index (κ2) is 11.9. The molecule has 29 heavy (non-hydrogen) atoms. The third kappa shape index (κ3) is 6.67. The monoisotopic (exact) mass is 551 g/mol. The lowest BCUT2D eigenvalue weighted by molar-refractivity contribution is 0.122. The summed E-state index contributed by atoms with van der Waals surface area (Å²) in [5.74, 6) is 0.758. The van der Waals surface area contributed by atoms with Gasteiger partial charge in [0, 0.05) is 38.1 Å². The maximum atomic E-state index is 6.13. The van der Waals surface area contributed by atoms with Crippen LogP contribution in [0.25, 0.3) is 0 Å². The minimum Gasteiger partial charge on any atom is -0.378 e. The molecule has 0 spiro atoms. The molecule has 1 fully saturated rings. The van der Waals surface area contributed by atoms with Crippen molar-refractivity contribution in [1.29, 1.82) is 0 Å². The zero-order valence-electron chi connectivity index (χ0n) is 16.8. The van der Waals surface area contributed by atoms with Crippen molar-refractivity contribution in [3.8, 4) is 0 Å². The van der Waals surface area contributed by atoms with Gasteiger partial charge in [0.15, 0.2) is 5.96 Å². The lowest BCUT2D eigenvalue weighted by atomic mass is 10.2. The van der Waals surface area contributed by atoms with Crippen molar-refractivity contribution in [1.82, 2.24) is 15.2 Å².